The minimum absolute atomic E-state index is 0.180. The average Bonchev–Trinajstić information content (AvgIpc) is 3.16. The molecule has 0 aromatic heterocycles. The standard InChI is InChI=1S/C20H16BrO3P/c1-14-12-17(18(21)20-19(14)23-13-24-20)25(22,15-8-4-2-5-9-15)16-10-6-3-7-11-16/h2-12H,13H2,1H3. The van der Waals surface area contributed by atoms with Crippen molar-refractivity contribution in [1.29, 1.82) is 0 Å². The van der Waals surface area contributed by atoms with E-state index in [4.69, 9.17) is 9.47 Å². The van der Waals surface area contributed by atoms with Crippen LogP contribution >= 0.6 is 23.1 Å². The fourth-order valence-corrected chi connectivity index (χ4v) is 7.07. The van der Waals surface area contributed by atoms with Gasteiger partial charge in [-0.15, -0.1) is 0 Å². The molecule has 0 spiro atoms. The van der Waals surface area contributed by atoms with Gasteiger partial charge in [0.25, 0.3) is 0 Å². The molecule has 1 aliphatic heterocycles. The molecular formula is C20H16BrO3P. The van der Waals surface area contributed by atoms with Crippen LogP contribution < -0.4 is 25.4 Å². The molecule has 1 aliphatic rings. The lowest BCUT2D eigenvalue weighted by atomic mass is 10.2. The highest BCUT2D eigenvalue weighted by molar-refractivity contribution is 9.10. The fraction of sp³-hybridized carbons (Fsp3) is 0.100. The van der Waals surface area contributed by atoms with E-state index in [1.807, 2.05) is 73.7 Å². The molecule has 3 nitrogen and oxygen atoms in total. The van der Waals surface area contributed by atoms with E-state index in [-0.39, 0.29) is 6.79 Å². The Kier molecular flexibility index (Phi) is 4.18. The van der Waals surface area contributed by atoms with Crippen molar-refractivity contribution in [2.75, 3.05) is 6.79 Å². The van der Waals surface area contributed by atoms with Crippen LogP contribution in [0.2, 0.25) is 0 Å². The molecule has 0 unspecified atom stereocenters. The Morgan fingerprint density at radius 3 is 1.96 bits per heavy atom. The van der Waals surface area contributed by atoms with Gasteiger partial charge in [-0.05, 0) is 34.5 Å². The molecule has 0 amide bonds. The molecule has 0 atom stereocenters. The Labute approximate surface area is 155 Å². The quantitative estimate of drug-likeness (QED) is 0.604. The molecule has 25 heavy (non-hydrogen) atoms. The van der Waals surface area contributed by atoms with Gasteiger partial charge in [0.15, 0.2) is 18.6 Å². The minimum atomic E-state index is -3.06. The summed E-state index contributed by atoms with van der Waals surface area (Å²) in [6.45, 7) is 2.13. The Morgan fingerprint density at radius 1 is 0.880 bits per heavy atom. The summed E-state index contributed by atoms with van der Waals surface area (Å²) in [5.74, 6) is 1.34. The number of rotatable bonds is 3. The highest BCUT2D eigenvalue weighted by Gasteiger charge is 2.35. The second-order valence-corrected chi connectivity index (χ2v) is 9.40. The molecule has 0 saturated carbocycles. The smallest absolute Gasteiger partial charge is 0.231 e. The normalized spacial score (nSPS) is 13.0. The van der Waals surface area contributed by atoms with E-state index in [1.54, 1.807) is 0 Å². The number of hydrogen-bond acceptors (Lipinski definition) is 3. The molecule has 0 N–H and O–H groups in total. The van der Waals surface area contributed by atoms with E-state index in [9.17, 15) is 4.57 Å². The van der Waals surface area contributed by atoms with Crippen LogP contribution in [0.25, 0.3) is 0 Å². The molecule has 126 valence electrons. The topological polar surface area (TPSA) is 35.5 Å². The lowest BCUT2D eigenvalue weighted by Gasteiger charge is -2.22. The molecule has 3 aromatic rings. The third-order valence-corrected chi connectivity index (χ3v) is 8.50. The highest BCUT2D eigenvalue weighted by atomic mass is 79.9. The van der Waals surface area contributed by atoms with Gasteiger partial charge in [0.2, 0.25) is 6.79 Å². The van der Waals surface area contributed by atoms with Crippen LogP contribution in [-0.4, -0.2) is 6.79 Å². The van der Waals surface area contributed by atoms with Gasteiger partial charge in [-0.2, -0.15) is 0 Å². The molecule has 0 bridgehead atoms. The fourth-order valence-electron chi connectivity index (χ4n) is 3.12. The van der Waals surface area contributed by atoms with Gasteiger partial charge in [-0.1, -0.05) is 60.7 Å². The zero-order valence-electron chi connectivity index (χ0n) is 13.6. The first kappa shape index (κ1) is 16.4. The van der Waals surface area contributed by atoms with Crippen molar-refractivity contribution < 1.29 is 14.0 Å². The van der Waals surface area contributed by atoms with Crippen LogP contribution in [0.1, 0.15) is 5.56 Å². The van der Waals surface area contributed by atoms with Crippen LogP contribution in [0.3, 0.4) is 0 Å². The monoisotopic (exact) mass is 414 g/mol. The van der Waals surface area contributed by atoms with E-state index in [0.29, 0.717) is 16.0 Å². The van der Waals surface area contributed by atoms with Crippen LogP contribution in [0.15, 0.2) is 71.2 Å². The maximum absolute atomic E-state index is 14.5. The molecule has 0 fully saturated rings. The Hall–Kier alpha value is -2.03. The third-order valence-electron chi connectivity index (χ3n) is 4.33. The largest absolute Gasteiger partial charge is 0.453 e. The van der Waals surface area contributed by atoms with E-state index in [2.05, 4.69) is 15.9 Å². The number of benzene rings is 3. The van der Waals surface area contributed by atoms with Gasteiger partial charge < -0.3 is 14.0 Å². The molecule has 1 heterocycles. The summed E-state index contributed by atoms with van der Waals surface area (Å²) in [6, 6.07) is 21.1. The van der Waals surface area contributed by atoms with Gasteiger partial charge in [-0.25, -0.2) is 0 Å². The van der Waals surface area contributed by atoms with Crippen LogP contribution in [0, 0.1) is 6.92 Å². The Morgan fingerprint density at radius 2 is 1.40 bits per heavy atom. The third kappa shape index (κ3) is 2.61. The summed E-state index contributed by atoms with van der Waals surface area (Å²) in [5, 5.41) is 2.31. The zero-order valence-corrected chi connectivity index (χ0v) is 16.1. The van der Waals surface area contributed by atoms with Crippen molar-refractivity contribution >= 4 is 39.0 Å². The van der Waals surface area contributed by atoms with E-state index < -0.39 is 7.14 Å². The van der Waals surface area contributed by atoms with Gasteiger partial charge in [0, 0.05) is 15.9 Å². The van der Waals surface area contributed by atoms with Crippen molar-refractivity contribution in [3.63, 3.8) is 0 Å². The van der Waals surface area contributed by atoms with Gasteiger partial charge in [0.1, 0.15) is 0 Å². The first-order chi connectivity index (χ1) is 12.1. The van der Waals surface area contributed by atoms with Crippen LogP contribution in [0.5, 0.6) is 11.5 Å². The molecule has 3 aromatic carbocycles. The molecular weight excluding hydrogens is 399 g/mol. The summed E-state index contributed by atoms with van der Waals surface area (Å²) >= 11 is 3.62. The average molecular weight is 415 g/mol. The Balaban J connectivity index is 2.04. The molecule has 4 rings (SSSR count). The maximum Gasteiger partial charge on any atom is 0.231 e. The second kappa shape index (κ2) is 6.36. The number of fused-ring (bicyclic) bond motifs is 1. The van der Waals surface area contributed by atoms with Crippen LogP contribution in [-0.2, 0) is 4.57 Å². The van der Waals surface area contributed by atoms with Crippen molar-refractivity contribution in [3.8, 4) is 11.5 Å². The van der Waals surface area contributed by atoms with Crippen molar-refractivity contribution in [3.05, 3.63) is 76.8 Å². The molecule has 0 saturated heterocycles. The lowest BCUT2D eigenvalue weighted by Crippen LogP contribution is -2.26. The number of halogens is 1. The van der Waals surface area contributed by atoms with Crippen molar-refractivity contribution in [2.45, 2.75) is 6.92 Å². The van der Waals surface area contributed by atoms with Gasteiger partial charge >= 0.3 is 0 Å². The highest BCUT2D eigenvalue weighted by Crippen LogP contribution is 2.50. The van der Waals surface area contributed by atoms with E-state index in [0.717, 1.165) is 21.5 Å². The Bertz CT molecular complexity index is 928. The first-order valence-corrected chi connectivity index (χ1v) is 10.4. The molecule has 0 radical (unpaired) electrons. The summed E-state index contributed by atoms with van der Waals surface area (Å²) < 4.78 is 26.3. The second-order valence-electron chi connectivity index (χ2n) is 5.87. The van der Waals surface area contributed by atoms with E-state index in [1.165, 1.54) is 0 Å². The summed E-state index contributed by atoms with van der Waals surface area (Å²) in [6.07, 6.45) is 0. The summed E-state index contributed by atoms with van der Waals surface area (Å²) in [4.78, 5) is 0. The van der Waals surface area contributed by atoms with Gasteiger partial charge in [0.05, 0.1) is 4.47 Å². The lowest BCUT2D eigenvalue weighted by molar-refractivity contribution is 0.173. The van der Waals surface area contributed by atoms with Crippen LogP contribution in [0.4, 0.5) is 0 Å². The van der Waals surface area contributed by atoms with Crippen molar-refractivity contribution in [2.24, 2.45) is 0 Å². The number of hydrogen-bond donors (Lipinski definition) is 0. The SMILES string of the molecule is Cc1cc(P(=O)(c2ccccc2)c2ccccc2)c(Br)c2c1OCO2. The predicted molar refractivity (Wildman–Crippen MR) is 104 cm³/mol. The summed E-state index contributed by atoms with van der Waals surface area (Å²) in [7, 11) is -3.06. The molecule has 5 heteroatoms. The predicted octanol–water partition coefficient (Wildman–Crippen LogP) is 4.13. The molecule has 0 aliphatic carbocycles. The zero-order chi connectivity index (χ0) is 17.4. The van der Waals surface area contributed by atoms with E-state index >= 15 is 0 Å². The summed E-state index contributed by atoms with van der Waals surface area (Å²) in [5.41, 5.74) is 0.915. The number of aryl methyl sites for hydroxylation is 1. The maximum atomic E-state index is 14.5. The first-order valence-electron chi connectivity index (χ1n) is 7.93. The van der Waals surface area contributed by atoms with Gasteiger partial charge in [-0.3, -0.25) is 0 Å². The minimum Gasteiger partial charge on any atom is -0.453 e. The number of ether oxygens (including phenoxy) is 2. The van der Waals surface area contributed by atoms with Crippen molar-refractivity contribution in [1.82, 2.24) is 0 Å².